The van der Waals surface area contributed by atoms with Gasteiger partial charge in [-0.3, -0.25) is 14.5 Å². The SMILES string of the molecule is COc1ccc(-c2noc(CN3CCCC(C(=O)Nc4ccc(C)c(N5CCCC5=O)c4)C3)n2)cc1. The van der Waals surface area contributed by atoms with E-state index in [2.05, 4.69) is 20.4 Å². The minimum Gasteiger partial charge on any atom is -0.497 e. The van der Waals surface area contributed by atoms with Crippen molar-refractivity contribution in [3.8, 4) is 17.1 Å². The highest BCUT2D eigenvalue weighted by atomic mass is 16.5. The van der Waals surface area contributed by atoms with E-state index in [4.69, 9.17) is 9.26 Å². The highest BCUT2D eigenvalue weighted by Crippen LogP contribution is 2.29. The molecule has 2 aliphatic rings. The van der Waals surface area contributed by atoms with Gasteiger partial charge in [0.1, 0.15) is 5.75 Å². The van der Waals surface area contributed by atoms with Crippen LogP contribution in [-0.4, -0.2) is 53.6 Å². The number of aromatic nitrogens is 2. The lowest BCUT2D eigenvalue weighted by Gasteiger charge is -2.31. The lowest BCUT2D eigenvalue weighted by Crippen LogP contribution is -2.40. The molecule has 9 heteroatoms. The van der Waals surface area contributed by atoms with Crippen molar-refractivity contribution in [3.63, 3.8) is 0 Å². The van der Waals surface area contributed by atoms with Crippen LogP contribution in [-0.2, 0) is 16.1 Å². The number of nitrogens with one attached hydrogen (secondary N) is 1. The number of amides is 2. The quantitative estimate of drug-likeness (QED) is 0.535. The average Bonchev–Trinajstić information content (AvgIpc) is 3.54. The van der Waals surface area contributed by atoms with Gasteiger partial charge in [0.25, 0.3) is 0 Å². The van der Waals surface area contributed by atoms with E-state index in [0.29, 0.717) is 31.2 Å². The van der Waals surface area contributed by atoms with Crippen LogP contribution >= 0.6 is 0 Å². The minimum atomic E-state index is -0.138. The number of hydrogen-bond donors (Lipinski definition) is 1. The predicted octanol–water partition coefficient (Wildman–Crippen LogP) is 4.03. The number of carbonyl (C=O) groups is 2. The van der Waals surface area contributed by atoms with E-state index in [-0.39, 0.29) is 17.7 Å². The number of benzene rings is 2. The summed E-state index contributed by atoms with van der Waals surface area (Å²) in [6.45, 7) is 4.71. The first kappa shape index (κ1) is 24.0. The van der Waals surface area contributed by atoms with Crippen molar-refractivity contribution in [2.75, 3.05) is 37.0 Å². The molecule has 188 valence electrons. The molecule has 3 heterocycles. The van der Waals surface area contributed by atoms with Crippen LogP contribution in [0.2, 0.25) is 0 Å². The second-order valence-electron chi connectivity index (χ2n) is 9.45. The van der Waals surface area contributed by atoms with E-state index in [9.17, 15) is 9.59 Å². The Kier molecular flexibility index (Phi) is 6.99. The number of nitrogens with zero attached hydrogens (tertiary/aromatic N) is 4. The number of piperidine rings is 1. The third kappa shape index (κ3) is 5.26. The molecular weight excluding hydrogens is 458 g/mol. The van der Waals surface area contributed by atoms with Crippen LogP contribution in [0.1, 0.15) is 37.1 Å². The number of likely N-dealkylation sites (tertiary alicyclic amines) is 1. The lowest BCUT2D eigenvalue weighted by molar-refractivity contribution is -0.121. The second-order valence-corrected chi connectivity index (χ2v) is 9.45. The number of hydrogen-bond acceptors (Lipinski definition) is 7. The zero-order valence-corrected chi connectivity index (χ0v) is 20.7. The summed E-state index contributed by atoms with van der Waals surface area (Å²) in [5.41, 5.74) is 3.48. The summed E-state index contributed by atoms with van der Waals surface area (Å²) in [4.78, 5) is 33.9. The fourth-order valence-corrected chi connectivity index (χ4v) is 4.91. The number of anilines is 2. The Morgan fingerprint density at radius 3 is 2.75 bits per heavy atom. The minimum absolute atomic E-state index is 0.00768. The molecule has 0 radical (unpaired) electrons. The van der Waals surface area contributed by atoms with Gasteiger partial charge in [0.2, 0.25) is 23.5 Å². The maximum absolute atomic E-state index is 13.1. The zero-order chi connectivity index (χ0) is 25.1. The third-order valence-corrected chi connectivity index (χ3v) is 6.89. The molecule has 0 spiro atoms. The van der Waals surface area contributed by atoms with Gasteiger partial charge >= 0.3 is 0 Å². The monoisotopic (exact) mass is 489 g/mol. The van der Waals surface area contributed by atoms with Crippen molar-refractivity contribution in [1.29, 1.82) is 0 Å². The van der Waals surface area contributed by atoms with Crippen LogP contribution in [0.25, 0.3) is 11.4 Å². The molecule has 0 saturated carbocycles. The maximum atomic E-state index is 13.1. The molecule has 3 aromatic rings. The molecule has 1 unspecified atom stereocenters. The van der Waals surface area contributed by atoms with E-state index in [1.807, 2.05) is 54.3 Å². The van der Waals surface area contributed by atoms with Crippen molar-refractivity contribution < 1.29 is 18.8 Å². The van der Waals surface area contributed by atoms with Gasteiger partial charge in [0, 0.05) is 36.4 Å². The van der Waals surface area contributed by atoms with Gasteiger partial charge in [-0.2, -0.15) is 4.98 Å². The Labute approximate surface area is 210 Å². The Bertz CT molecular complexity index is 1240. The number of rotatable bonds is 7. The van der Waals surface area contributed by atoms with E-state index >= 15 is 0 Å². The van der Waals surface area contributed by atoms with Gasteiger partial charge in [-0.25, -0.2) is 0 Å². The Balaban J connectivity index is 1.20. The van der Waals surface area contributed by atoms with Gasteiger partial charge in [0.05, 0.1) is 19.6 Å². The fraction of sp³-hybridized carbons (Fsp3) is 0.407. The summed E-state index contributed by atoms with van der Waals surface area (Å²) in [6, 6.07) is 13.3. The normalized spacial score (nSPS) is 18.4. The predicted molar refractivity (Wildman–Crippen MR) is 136 cm³/mol. The van der Waals surface area contributed by atoms with Crippen molar-refractivity contribution in [3.05, 3.63) is 53.9 Å². The Morgan fingerprint density at radius 2 is 2.00 bits per heavy atom. The Morgan fingerprint density at radius 1 is 1.17 bits per heavy atom. The van der Waals surface area contributed by atoms with E-state index < -0.39 is 0 Å². The van der Waals surface area contributed by atoms with Crippen molar-refractivity contribution in [2.24, 2.45) is 5.92 Å². The topological polar surface area (TPSA) is 101 Å². The second kappa shape index (κ2) is 10.5. The van der Waals surface area contributed by atoms with Crippen LogP contribution in [0.5, 0.6) is 5.75 Å². The third-order valence-electron chi connectivity index (χ3n) is 6.89. The molecule has 36 heavy (non-hydrogen) atoms. The molecule has 1 N–H and O–H groups in total. The summed E-state index contributed by atoms with van der Waals surface area (Å²) in [6.07, 6.45) is 3.19. The fourth-order valence-electron chi connectivity index (χ4n) is 4.91. The average molecular weight is 490 g/mol. The molecule has 1 atom stereocenters. The summed E-state index contributed by atoms with van der Waals surface area (Å²) in [7, 11) is 1.63. The molecule has 9 nitrogen and oxygen atoms in total. The highest BCUT2D eigenvalue weighted by Gasteiger charge is 2.28. The van der Waals surface area contributed by atoms with Gasteiger partial charge in [-0.15, -0.1) is 0 Å². The van der Waals surface area contributed by atoms with Crippen LogP contribution in [0, 0.1) is 12.8 Å². The van der Waals surface area contributed by atoms with Crippen LogP contribution in [0.4, 0.5) is 11.4 Å². The summed E-state index contributed by atoms with van der Waals surface area (Å²) >= 11 is 0. The smallest absolute Gasteiger partial charge is 0.241 e. The molecule has 5 rings (SSSR count). The van der Waals surface area contributed by atoms with Gasteiger partial charge in [-0.05, 0) is 74.7 Å². The highest BCUT2D eigenvalue weighted by molar-refractivity contribution is 5.98. The maximum Gasteiger partial charge on any atom is 0.241 e. The van der Waals surface area contributed by atoms with E-state index in [1.54, 1.807) is 7.11 Å². The zero-order valence-electron chi connectivity index (χ0n) is 20.7. The van der Waals surface area contributed by atoms with Crippen molar-refractivity contribution in [2.45, 2.75) is 39.2 Å². The number of methoxy groups -OCH3 is 1. The van der Waals surface area contributed by atoms with Gasteiger partial charge < -0.3 is 19.5 Å². The first-order valence-electron chi connectivity index (χ1n) is 12.4. The standard InChI is InChI=1S/C27H31N5O4/c1-18-7-10-21(15-23(18)32-14-4-6-25(32)33)28-27(34)20-5-3-13-31(16-20)17-24-29-26(30-36-24)19-8-11-22(35-2)12-9-19/h7-12,15,20H,3-6,13-14,16-17H2,1-2H3,(H,28,34). The number of aryl methyl sites for hydroxylation is 1. The van der Waals surface area contributed by atoms with Crippen LogP contribution in [0.15, 0.2) is 47.0 Å². The van der Waals surface area contributed by atoms with Crippen molar-refractivity contribution >= 4 is 23.2 Å². The largest absolute Gasteiger partial charge is 0.497 e. The molecule has 2 aliphatic heterocycles. The van der Waals surface area contributed by atoms with E-state index in [1.165, 1.54) is 0 Å². The summed E-state index contributed by atoms with van der Waals surface area (Å²) < 4.78 is 10.7. The summed E-state index contributed by atoms with van der Waals surface area (Å²) in [5, 5.41) is 7.18. The molecule has 0 bridgehead atoms. The van der Waals surface area contributed by atoms with E-state index in [0.717, 1.165) is 60.6 Å². The molecular formula is C27H31N5O4. The van der Waals surface area contributed by atoms with Crippen LogP contribution < -0.4 is 15.0 Å². The molecule has 1 aromatic heterocycles. The van der Waals surface area contributed by atoms with Crippen molar-refractivity contribution in [1.82, 2.24) is 15.0 Å². The summed E-state index contributed by atoms with van der Waals surface area (Å²) in [5.74, 6) is 1.82. The first-order valence-corrected chi connectivity index (χ1v) is 12.4. The van der Waals surface area contributed by atoms with Crippen LogP contribution in [0.3, 0.4) is 0 Å². The Hall–Kier alpha value is -3.72. The molecule has 2 saturated heterocycles. The molecule has 0 aliphatic carbocycles. The first-order chi connectivity index (χ1) is 17.5. The molecule has 2 fully saturated rings. The number of ether oxygens (including phenoxy) is 1. The molecule has 2 amide bonds. The molecule has 2 aromatic carbocycles. The van der Waals surface area contributed by atoms with Gasteiger partial charge in [-0.1, -0.05) is 11.2 Å². The number of carbonyl (C=O) groups excluding carboxylic acids is 2. The lowest BCUT2D eigenvalue weighted by atomic mass is 9.97. The van der Waals surface area contributed by atoms with Gasteiger partial charge in [0.15, 0.2) is 0 Å².